The van der Waals surface area contributed by atoms with E-state index >= 15 is 0 Å². The number of benzene rings is 1. The van der Waals surface area contributed by atoms with Crippen LogP contribution < -0.4 is 5.48 Å². The number of likely N-dealkylation sites (tertiary alicyclic amines) is 1. The molecular formula is C12H11F3N2O3. The third-order valence-electron chi connectivity index (χ3n) is 3.13. The van der Waals surface area contributed by atoms with Gasteiger partial charge in [-0.3, -0.25) is 14.8 Å². The van der Waals surface area contributed by atoms with Crippen molar-refractivity contribution in [1.82, 2.24) is 10.4 Å². The highest BCUT2D eigenvalue weighted by Crippen LogP contribution is 2.30. The van der Waals surface area contributed by atoms with Crippen LogP contribution in [-0.4, -0.2) is 34.5 Å². The maximum Gasteiger partial charge on any atom is 0.416 e. The molecule has 0 radical (unpaired) electrons. The Balaban J connectivity index is 2.20. The largest absolute Gasteiger partial charge is 0.416 e. The number of hydrogen-bond donors (Lipinski definition) is 2. The van der Waals surface area contributed by atoms with Gasteiger partial charge in [0.15, 0.2) is 0 Å². The van der Waals surface area contributed by atoms with E-state index in [1.54, 1.807) is 0 Å². The molecule has 8 heteroatoms. The number of hydrogen-bond acceptors (Lipinski definition) is 3. The number of hydroxylamine groups is 1. The molecule has 2 N–H and O–H groups in total. The minimum atomic E-state index is -4.53. The molecule has 0 unspecified atom stereocenters. The van der Waals surface area contributed by atoms with Crippen molar-refractivity contribution in [3.63, 3.8) is 0 Å². The SMILES string of the molecule is O=C(NO)[C@H]1CCN1C(=O)c1cccc(C(F)(F)F)c1. The Hall–Kier alpha value is -2.09. The fraction of sp³-hybridized carbons (Fsp3) is 0.333. The summed E-state index contributed by atoms with van der Waals surface area (Å²) in [7, 11) is 0. The molecule has 108 valence electrons. The van der Waals surface area contributed by atoms with Crippen LogP contribution in [0.1, 0.15) is 22.3 Å². The molecule has 1 aromatic rings. The van der Waals surface area contributed by atoms with Gasteiger partial charge in [0, 0.05) is 12.1 Å². The number of amides is 2. The molecule has 1 aliphatic heterocycles. The summed E-state index contributed by atoms with van der Waals surface area (Å²) in [6.07, 6.45) is -4.18. The third-order valence-corrected chi connectivity index (χ3v) is 3.13. The Morgan fingerprint density at radius 2 is 2.05 bits per heavy atom. The fourth-order valence-corrected chi connectivity index (χ4v) is 1.97. The van der Waals surface area contributed by atoms with Crippen LogP contribution in [0.15, 0.2) is 24.3 Å². The Morgan fingerprint density at radius 3 is 2.55 bits per heavy atom. The smallest absolute Gasteiger partial charge is 0.326 e. The van der Waals surface area contributed by atoms with Gasteiger partial charge >= 0.3 is 6.18 Å². The number of nitrogens with one attached hydrogen (secondary N) is 1. The van der Waals surface area contributed by atoms with Gasteiger partial charge in [-0.15, -0.1) is 0 Å². The lowest BCUT2D eigenvalue weighted by Gasteiger charge is -2.39. The van der Waals surface area contributed by atoms with Crippen molar-refractivity contribution >= 4 is 11.8 Å². The lowest BCUT2D eigenvalue weighted by Crippen LogP contribution is -2.57. The molecule has 1 atom stereocenters. The summed E-state index contributed by atoms with van der Waals surface area (Å²) in [6, 6.07) is 3.15. The number of rotatable bonds is 2. The van der Waals surface area contributed by atoms with Gasteiger partial charge in [-0.25, -0.2) is 5.48 Å². The number of halogens is 3. The first-order valence-electron chi connectivity index (χ1n) is 5.77. The van der Waals surface area contributed by atoms with E-state index in [-0.39, 0.29) is 12.1 Å². The van der Waals surface area contributed by atoms with E-state index in [4.69, 9.17) is 5.21 Å². The molecular weight excluding hydrogens is 277 g/mol. The Labute approximate surface area is 111 Å². The van der Waals surface area contributed by atoms with Crippen LogP contribution in [0.3, 0.4) is 0 Å². The van der Waals surface area contributed by atoms with E-state index in [0.717, 1.165) is 23.1 Å². The first kappa shape index (κ1) is 14.3. The molecule has 2 rings (SSSR count). The number of carbonyl (C=O) groups is 2. The van der Waals surface area contributed by atoms with E-state index < -0.39 is 29.6 Å². The van der Waals surface area contributed by atoms with E-state index in [2.05, 4.69) is 0 Å². The average molecular weight is 288 g/mol. The standard InChI is InChI=1S/C12H11F3N2O3/c13-12(14,15)8-3-1-2-7(6-8)11(19)17-5-4-9(17)10(18)16-20/h1-3,6,9,20H,4-5H2,(H,16,18)/t9-/m1/s1. The summed E-state index contributed by atoms with van der Waals surface area (Å²) in [4.78, 5) is 24.4. The van der Waals surface area contributed by atoms with Gasteiger partial charge in [-0.05, 0) is 24.6 Å². The summed E-state index contributed by atoms with van der Waals surface area (Å²) >= 11 is 0. The van der Waals surface area contributed by atoms with Gasteiger partial charge in [-0.2, -0.15) is 13.2 Å². The molecule has 1 aromatic carbocycles. The first-order valence-corrected chi connectivity index (χ1v) is 5.77. The van der Waals surface area contributed by atoms with Gasteiger partial charge in [0.25, 0.3) is 11.8 Å². The Morgan fingerprint density at radius 1 is 1.35 bits per heavy atom. The van der Waals surface area contributed by atoms with E-state index in [0.29, 0.717) is 6.42 Å². The van der Waals surface area contributed by atoms with Crippen molar-refractivity contribution in [2.24, 2.45) is 0 Å². The zero-order valence-electron chi connectivity index (χ0n) is 10.1. The second kappa shape index (κ2) is 5.12. The molecule has 0 aliphatic carbocycles. The summed E-state index contributed by atoms with van der Waals surface area (Å²) in [5, 5.41) is 8.50. The van der Waals surface area contributed by atoms with Gasteiger partial charge in [-0.1, -0.05) is 6.07 Å². The lowest BCUT2D eigenvalue weighted by molar-refractivity contribution is -0.138. The van der Waals surface area contributed by atoms with Crippen molar-refractivity contribution in [1.29, 1.82) is 0 Å². The van der Waals surface area contributed by atoms with Crippen molar-refractivity contribution in [2.75, 3.05) is 6.54 Å². The summed E-state index contributed by atoms with van der Waals surface area (Å²) in [5.74, 6) is -1.42. The number of alkyl halides is 3. The maximum atomic E-state index is 12.6. The molecule has 1 aliphatic rings. The highest BCUT2D eigenvalue weighted by molar-refractivity contribution is 5.98. The van der Waals surface area contributed by atoms with Gasteiger partial charge < -0.3 is 4.90 Å². The molecule has 0 bridgehead atoms. The zero-order valence-corrected chi connectivity index (χ0v) is 10.1. The van der Waals surface area contributed by atoms with Crippen LogP contribution in [0.25, 0.3) is 0 Å². The van der Waals surface area contributed by atoms with E-state index in [1.807, 2.05) is 0 Å². The van der Waals surface area contributed by atoms with Gasteiger partial charge in [0.1, 0.15) is 6.04 Å². The molecule has 20 heavy (non-hydrogen) atoms. The van der Waals surface area contributed by atoms with Gasteiger partial charge in [0.2, 0.25) is 0 Å². The van der Waals surface area contributed by atoms with Crippen LogP contribution in [0, 0.1) is 0 Å². The second-order valence-electron chi connectivity index (χ2n) is 4.36. The summed E-state index contributed by atoms with van der Waals surface area (Å²) in [6.45, 7) is 0.257. The molecule has 0 saturated carbocycles. The Bertz CT molecular complexity index is 545. The molecule has 0 spiro atoms. The van der Waals surface area contributed by atoms with Crippen LogP contribution in [0.2, 0.25) is 0 Å². The molecule has 2 amide bonds. The topological polar surface area (TPSA) is 69.6 Å². The van der Waals surface area contributed by atoms with Crippen LogP contribution in [0.4, 0.5) is 13.2 Å². The third kappa shape index (κ3) is 2.60. The van der Waals surface area contributed by atoms with Crippen LogP contribution >= 0.6 is 0 Å². The van der Waals surface area contributed by atoms with Crippen molar-refractivity contribution in [3.05, 3.63) is 35.4 Å². The van der Waals surface area contributed by atoms with Crippen molar-refractivity contribution in [3.8, 4) is 0 Å². The molecule has 0 aromatic heterocycles. The van der Waals surface area contributed by atoms with Crippen LogP contribution in [-0.2, 0) is 11.0 Å². The minimum absolute atomic E-state index is 0.143. The molecule has 5 nitrogen and oxygen atoms in total. The van der Waals surface area contributed by atoms with Crippen LogP contribution in [0.5, 0.6) is 0 Å². The lowest BCUT2D eigenvalue weighted by atomic mass is 10.00. The minimum Gasteiger partial charge on any atom is -0.326 e. The molecule has 1 heterocycles. The number of carbonyl (C=O) groups excluding carboxylic acids is 2. The highest BCUT2D eigenvalue weighted by Gasteiger charge is 2.38. The Kier molecular flexibility index (Phi) is 3.67. The maximum absolute atomic E-state index is 12.6. The molecule has 1 fully saturated rings. The normalized spacial score (nSPS) is 18.4. The average Bonchev–Trinajstić information content (AvgIpc) is 2.36. The highest BCUT2D eigenvalue weighted by atomic mass is 19.4. The quantitative estimate of drug-likeness (QED) is 0.639. The molecule has 1 saturated heterocycles. The summed E-state index contributed by atoms with van der Waals surface area (Å²) in [5.41, 5.74) is 0.359. The predicted octanol–water partition coefficient (Wildman–Crippen LogP) is 1.43. The van der Waals surface area contributed by atoms with Crippen molar-refractivity contribution in [2.45, 2.75) is 18.6 Å². The van der Waals surface area contributed by atoms with Crippen molar-refractivity contribution < 1.29 is 28.0 Å². The van der Waals surface area contributed by atoms with E-state index in [9.17, 15) is 22.8 Å². The number of nitrogens with zero attached hydrogens (tertiary/aromatic N) is 1. The predicted molar refractivity (Wildman–Crippen MR) is 60.8 cm³/mol. The monoisotopic (exact) mass is 288 g/mol. The van der Waals surface area contributed by atoms with E-state index in [1.165, 1.54) is 11.5 Å². The summed E-state index contributed by atoms with van der Waals surface area (Å²) < 4.78 is 37.7. The zero-order chi connectivity index (χ0) is 14.9. The second-order valence-corrected chi connectivity index (χ2v) is 4.36. The first-order chi connectivity index (χ1) is 9.34. The fourth-order valence-electron chi connectivity index (χ4n) is 1.97. The van der Waals surface area contributed by atoms with Gasteiger partial charge in [0.05, 0.1) is 5.56 Å².